The summed E-state index contributed by atoms with van der Waals surface area (Å²) in [6.07, 6.45) is 10.1. The van der Waals surface area contributed by atoms with Gasteiger partial charge in [0.2, 0.25) is 0 Å². The van der Waals surface area contributed by atoms with Crippen LogP contribution in [0.3, 0.4) is 0 Å². The van der Waals surface area contributed by atoms with E-state index in [0.717, 1.165) is 24.1 Å². The first-order valence-corrected chi connectivity index (χ1v) is 8.35. The van der Waals surface area contributed by atoms with Crippen molar-refractivity contribution in [2.45, 2.75) is 25.3 Å². The third kappa shape index (κ3) is 4.88. The van der Waals surface area contributed by atoms with Crippen LogP contribution < -0.4 is 0 Å². The lowest BCUT2D eigenvalue weighted by Gasteiger charge is -2.02. The number of aliphatic imine (C=N–C) groups is 1. The lowest BCUT2D eigenvalue weighted by atomic mass is 10.1. The number of carbonyl (C=O) groups is 1. The smallest absolute Gasteiger partial charge is 0.157 e. The Morgan fingerprint density at radius 3 is 2.21 bits per heavy atom. The summed E-state index contributed by atoms with van der Waals surface area (Å²) in [5.74, 6) is 0.140. The number of rotatable bonds is 6. The summed E-state index contributed by atoms with van der Waals surface area (Å²) in [6, 6.07) is 20.2. The second-order valence-corrected chi connectivity index (χ2v) is 5.97. The molecule has 0 amide bonds. The molecule has 3 rings (SSSR count). The second-order valence-electron chi connectivity index (χ2n) is 5.97. The largest absolute Gasteiger partial charge is 0.295 e. The molecule has 0 aliphatic carbocycles. The van der Waals surface area contributed by atoms with Crippen molar-refractivity contribution >= 4 is 23.6 Å². The maximum atomic E-state index is 12.1. The molecule has 2 nitrogen and oxygen atoms in total. The van der Waals surface area contributed by atoms with Gasteiger partial charge in [0.25, 0.3) is 0 Å². The normalized spacial score (nSPS) is 17.5. The summed E-state index contributed by atoms with van der Waals surface area (Å²) < 4.78 is 0. The molecule has 24 heavy (non-hydrogen) atoms. The van der Waals surface area contributed by atoms with E-state index >= 15 is 0 Å². The third-order valence-electron chi connectivity index (χ3n) is 4.05. The van der Waals surface area contributed by atoms with E-state index in [-0.39, 0.29) is 11.8 Å². The van der Waals surface area contributed by atoms with Gasteiger partial charge in [0, 0.05) is 12.1 Å². The number of ketones is 1. The molecule has 2 heteroatoms. The van der Waals surface area contributed by atoms with Crippen LogP contribution in [0.15, 0.2) is 77.8 Å². The van der Waals surface area contributed by atoms with Gasteiger partial charge in [-0.25, -0.2) is 0 Å². The lowest BCUT2D eigenvalue weighted by molar-refractivity contribution is -0.114. The van der Waals surface area contributed by atoms with Crippen molar-refractivity contribution in [2.24, 2.45) is 4.99 Å². The Balaban J connectivity index is 1.53. The summed E-state index contributed by atoms with van der Waals surface area (Å²) in [6.45, 7) is 0. The highest BCUT2D eigenvalue weighted by molar-refractivity contribution is 6.00. The molecule has 0 N–H and O–H groups in total. The molecular formula is C22H21NO. The molecule has 1 aliphatic rings. The average molecular weight is 315 g/mol. The molecule has 1 aliphatic heterocycles. The zero-order valence-electron chi connectivity index (χ0n) is 13.6. The highest BCUT2D eigenvalue weighted by Crippen LogP contribution is 2.18. The zero-order valence-corrected chi connectivity index (χ0v) is 13.6. The fourth-order valence-corrected chi connectivity index (χ4v) is 2.76. The quantitative estimate of drug-likeness (QED) is 0.692. The Labute approximate surface area is 143 Å². The number of hydrogen-bond acceptors (Lipinski definition) is 2. The number of allylic oxidation sites excluding steroid dienone is 2. The maximum Gasteiger partial charge on any atom is 0.157 e. The molecule has 2 aromatic carbocycles. The Kier molecular flexibility index (Phi) is 5.52. The van der Waals surface area contributed by atoms with Crippen LogP contribution in [0, 0.1) is 0 Å². The standard InChI is InChI=1S/C22H21NO/c24-22(16-12-19-9-5-2-6-10-19)17-21-15-14-20(23-21)13-11-18-7-3-1-4-8-18/h1-13,16,21H,14-15,17H2/b13-11+,16-12+. The van der Waals surface area contributed by atoms with Crippen LogP contribution in [0.2, 0.25) is 0 Å². The molecule has 0 radical (unpaired) electrons. The van der Waals surface area contributed by atoms with E-state index in [9.17, 15) is 4.79 Å². The molecule has 0 spiro atoms. The van der Waals surface area contributed by atoms with Crippen molar-refractivity contribution in [3.05, 3.63) is 83.9 Å². The molecule has 120 valence electrons. The van der Waals surface area contributed by atoms with E-state index < -0.39 is 0 Å². The molecule has 0 fully saturated rings. The summed E-state index contributed by atoms with van der Waals surface area (Å²) >= 11 is 0. The van der Waals surface area contributed by atoms with Crippen molar-refractivity contribution in [3.8, 4) is 0 Å². The Morgan fingerprint density at radius 2 is 1.54 bits per heavy atom. The van der Waals surface area contributed by atoms with E-state index in [1.165, 1.54) is 5.56 Å². The average Bonchev–Trinajstić information content (AvgIpc) is 3.07. The van der Waals surface area contributed by atoms with Crippen molar-refractivity contribution < 1.29 is 4.79 Å². The highest BCUT2D eigenvalue weighted by Gasteiger charge is 2.17. The Bertz CT molecular complexity index is 757. The number of carbonyl (C=O) groups excluding carboxylic acids is 1. The van der Waals surface area contributed by atoms with Gasteiger partial charge in [-0.3, -0.25) is 9.79 Å². The summed E-state index contributed by atoms with van der Waals surface area (Å²) in [5.41, 5.74) is 3.31. The third-order valence-corrected chi connectivity index (χ3v) is 4.05. The summed E-state index contributed by atoms with van der Waals surface area (Å²) in [4.78, 5) is 16.8. The topological polar surface area (TPSA) is 29.4 Å². The molecule has 1 atom stereocenters. The van der Waals surface area contributed by atoms with E-state index in [2.05, 4.69) is 29.3 Å². The van der Waals surface area contributed by atoms with Gasteiger partial charge >= 0.3 is 0 Å². The van der Waals surface area contributed by atoms with E-state index in [1.807, 2.05) is 54.6 Å². The predicted octanol–water partition coefficient (Wildman–Crippen LogP) is 4.98. The fourth-order valence-electron chi connectivity index (χ4n) is 2.76. The van der Waals surface area contributed by atoms with Gasteiger partial charge in [0.05, 0.1) is 6.04 Å². The molecule has 0 aromatic heterocycles. The van der Waals surface area contributed by atoms with Crippen molar-refractivity contribution in [2.75, 3.05) is 0 Å². The van der Waals surface area contributed by atoms with Gasteiger partial charge in [-0.1, -0.05) is 72.8 Å². The Morgan fingerprint density at radius 1 is 0.917 bits per heavy atom. The minimum absolute atomic E-state index is 0.119. The summed E-state index contributed by atoms with van der Waals surface area (Å²) in [5, 5.41) is 0. The van der Waals surface area contributed by atoms with Crippen molar-refractivity contribution in [1.82, 2.24) is 0 Å². The van der Waals surface area contributed by atoms with Crippen LogP contribution in [-0.2, 0) is 4.79 Å². The monoisotopic (exact) mass is 315 g/mol. The molecule has 2 aromatic rings. The zero-order chi connectivity index (χ0) is 16.6. The number of nitrogens with zero attached hydrogens (tertiary/aromatic N) is 1. The van der Waals surface area contributed by atoms with Crippen LogP contribution >= 0.6 is 0 Å². The summed E-state index contributed by atoms with van der Waals surface area (Å²) in [7, 11) is 0. The molecule has 0 bridgehead atoms. The Hall–Kier alpha value is -2.74. The van der Waals surface area contributed by atoms with E-state index in [4.69, 9.17) is 0 Å². The number of hydrogen-bond donors (Lipinski definition) is 0. The highest BCUT2D eigenvalue weighted by atomic mass is 16.1. The molecule has 1 unspecified atom stereocenters. The maximum absolute atomic E-state index is 12.1. The fraction of sp³-hybridized carbons (Fsp3) is 0.182. The van der Waals surface area contributed by atoms with Crippen molar-refractivity contribution in [1.29, 1.82) is 0 Å². The van der Waals surface area contributed by atoms with Gasteiger partial charge in [-0.2, -0.15) is 0 Å². The first-order chi connectivity index (χ1) is 11.8. The van der Waals surface area contributed by atoms with Crippen LogP contribution in [0.4, 0.5) is 0 Å². The van der Waals surface area contributed by atoms with Gasteiger partial charge in [0.1, 0.15) is 0 Å². The first-order valence-electron chi connectivity index (χ1n) is 8.35. The minimum atomic E-state index is 0.119. The van der Waals surface area contributed by atoms with E-state index in [0.29, 0.717) is 6.42 Å². The van der Waals surface area contributed by atoms with Gasteiger partial charge < -0.3 is 0 Å². The molecule has 1 heterocycles. The molecular weight excluding hydrogens is 294 g/mol. The van der Waals surface area contributed by atoms with Crippen LogP contribution in [0.5, 0.6) is 0 Å². The first kappa shape index (κ1) is 16.1. The van der Waals surface area contributed by atoms with Crippen LogP contribution in [0.1, 0.15) is 30.4 Å². The molecule has 0 saturated carbocycles. The van der Waals surface area contributed by atoms with Crippen molar-refractivity contribution in [3.63, 3.8) is 0 Å². The predicted molar refractivity (Wildman–Crippen MR) is 101 cm³/mol. The lowest BCUT2D eigenvalue weighted by Crippen LogP contribution is -2.06. The van der Waals surface area contributed by atoms with Gasteiger partial charge in [0.15, 0.2) is 5.78 Å². The molecule has 0 saturated heterocycles. The van der Waals surface area contributed by atoms with E-state index in [1.54, 1.807) is 6.08 Å². The minimum Gasteiger partial charge on any atom is -0.295 e. The van der Waals surface area contributed by atoms with Gasteiger partial charge in [-0.15, -0.1) is 0 Å². The van der Waals surface area contributed by atoms with Crippen LogP contribution in [-0.4, -0.2) is 17.5 Å². The van der Waals surface area contributed by atoms with Gasteiger partial charge in [-0.05, 0) is 36.1 Å². The number of benzene rings is 2. The SMILES string of the molecule is O=C(/C=C/c1ccccc1)CC1CCC(/C=C/c2ccccc2)=N1. The second kappa shape index (κ2) is 8.21. The van der Waals surface area contributed by atoms with Crippen LogP contribution in [0.25, 0.3) is 12.2 Å².